The van der Waals surface area contributed by atoms with Crippen molar-refractivity contribution in [3.8, 4) is 0 Å². The molecule has 174 valence electrons. The molecule has 0 aromatic rings. The first-order valence-corrected chi connectivity index (χ1v) is 10.6. The summed E-state index contributed by atoms with van der Waals surface area (Å²) in [5.41, 5.74) is 11.5. The van der Waals surface area contributed by atoms with Gasteiger partial charge in [-0.2, -0.15) is 0 Å². The fourth-order valence-corrected chi connectivity index (χ4v) is 2.80. The lowest BCUT2D eigenvalue weighted by molar-refractivity contribution is -0.138. The maximum Gasteiger partial charge on any atom is 0.322 e. The van der Waals surface area contributed by atoms with E-state index in [1.54, 1.807) is 0 Å². The van der Waals surface area contributed by atoms with Gasteiger partial charge in [0.1, 0.15) is 18.6 Å². The number of hydrogen-bond acceptors (Lipinski definition) is 6. The minimum absolute atomic E-state index is 0.0479. The van der Waals surface area contributed by atoms with Gasteiger partial charge in [-0.15, -0.1) is 0 Å². The fraction of sp³-hybridized carbons (Fsp3) is 0.800. The van der Waals surface area contributed by atoms with Gasteiger partial charge in [-0.25, -0.2) is 0 Å². The lowest BCUT2D eigenvalue weighted by Gasteiger charge is -2.26. The molecule has 30 heavy (non-hydrogen) atoms. The third kappa shape index (κ3) is 11.1. The molecule has 8 N–H and O–H groups in total. The number of carboxylic acid groups (broad SMARTS) is 1. The molecule has 4 atom stereocenters. The van der Waals surface area contributed by atoms with E-state index in [9.17, 15) is 19.2 Å². The largest absolute Gasteiger partial charge is 0.480 e. The van der Waals surface area contributed by atoms with E-state index in [1.165, 1.54) is 0 Å². The number of rotatable bonds is 15. The van der Waals surface area contributed by atoms with Crippen molar-refractivity contribution in [2.45, 2.75) is 77.9 Å². The molecule has 0 saturated carbocycles. The average molecular weight is 430 g/mol. The average Bonchev–Trinajstić information content (AvgIpc) is 2.68. The zero-order chi connectivity index (χ0) is 23.3. The summed E-state index contributed by atoms with van der Waals surface area (Å²) < 4.78 is 0. The van der Waals surface area contributed by atoms with Crippen LogP contribution in [0.4, 0.5) is 0 Å². The van der Waals surface area contributed by atoms with Crippen LogP contribution < -0.4 is 27.4 Å². The third-order valence-electron chi connectivity index (χ3n) is 4.89. The Hall–Kier alpha value is -2.20. The predicted octanol–water partition coefficient (Wildman–Crippen LogP) is -0.295. The van der Waals surface area contributed by atoms with Crippen LogP contribution in [0.5, 0.6) is 0 Å². The van der Waals surface area contributed by atoms with Gasteiger partial charge in [-0.3, -0.25) is 19.2 Å². The molecular formula is C20H39N5O5. The molecule has 0 aliphatic rings. The minimum atomic E-state index is -1.18. The van der Waals surface area contributed by atoms with Crippen LogP contribution in [0.15, 0.2) is 0 Å². The van der Waals surface area contributed by atoms with Crippen LogP contribution in [-0.2, 0) is 19.2 Å². The summed E-state index contributed by atoms with van der Waals surface area (Å²) in [6, 6.07) is -2.51. The van der Waals surface area contributed by atoms with E-state index in [0.717, 1.165) is 6.42 Å². The molecule has 10 nitrogen and oxygen atoms in total. The lowest BCUT2D eigenvalue weighted by atomic mass is 9.98. The van der Waals surface area contributed by atoms with Crippen LogP contribution in [0.3, 0.4) is 0 Å². The summed E-state index contributed by atoms with van der Waals surface area (Å²) in [4.78, 5) is 48.4. The van der Waals surface area contributed by atoms with Gasteiger partial charge in [0.2, 0.25) is 17.7 Å². The van der Waals surface area contributed by atoms with Crippen molar-refractivity contribution >= 4 is 23.7 Å². The van der Waals surface area contributed by atoms with Crippen LogP contribution in [-0.4, -0.2) is 60.0 Å². The van der Waals surface area contributed by atoms with Crippen molar-refractivity contribution < 1.29 is 24.3 Å². The van der Waals surface area contributed by atoms with E-state index in [1.807, 2.05) is 27.7 Å². The topological polar surface area (TPSA) is 177 Å². The molecule has 10 heteroatoms. The molecule has 0 spiro atoms. The minimum Gasteiger partial charge on any atom is -0.480 e. The smallest absolute Gasteiger partial charge is 0.322 e. The molecule has 3 amide bonds. The number of nitrogens with two attached hydrogens (primary N) is 2. The second-order valence-electron chi connectivity index (χ2n) is 8.06. The van der Waals surface area contributed by atoms with E-state index >= 15 is 0 Å². The first-order chi connectivity index (χ1) is 14.0. The molecule has 0 fully saturated rings. The summed E-state index contributed by atoms with van der Waals surface area (Å²) in [5.74, 6) is -2.66. The number of carbonyl (C=O) groups is 4. The highest BCUT2D eigenvalue weighted by Gasteiger charge is 2.29. The number of nitrogens with one attached hydrogen (secondary N) is 3. The van der Waals surface area contributed by atoms with Gasteiger partial charge in [-0.1, -0.05) is 34.1 Å². The van der Waals surface area contributed by atoms with Crippen molar-refractivity contribution in [1.29, 1.82) is 0 Å². The number of carbonyl (C=O) groups excluding carboxylic acids is 3. The van der Waals surface area contributed by atoms with Crippen molar-refractivity contribution in [3.05, 3.63) is 0 Å². The zero-order valence-corrected chi connectivity index (χ0v) is 18.6. The fourth-order valence-electron chi connectivity index (χ4n) is 2.80. The van der Waals surface area contributed by atoms with Gasteiger partial charge in [0.15, 0.2) is 0 Å². The van der Waals surface area contributed by atoms with E-state index in [-0.39, 0.29) is 11.8 Å². The quantitative estimate of drug-likeness (QED) is 0.194. The highest BCUT2D eigenvalue weighted by molar-refractivity contribution is 5.93. The molecule has 0 saturated heterocycles. The Kier molecular flexibility index (Phi) is 13.7. The van der Waals surface area contributed by atoms with Gasteiger partial charge in [0.05, 0.1) is 6.04 Å². The molecule has 0 bridgehead atoms. The Labute approximate surface area is 178 Å². The lowest BCUT2D eigenvalue weighted by Crippen LogP contribution is -2.57. The number of hydrogen-bond donors (Lipinski definition) is 6. The molecular weight excluding hydrogens is 390 g/mol. The zero-order valence-electron chi connectivity index (χ0n) is 18.6. The Morgan fingerprint density at radius 3 is 2.03 bits per heavy atom. The second-order valence-corrected chi connectivity index (χ2v) is 8.06. The van der Waals surface area contributed by atoms with Crippen molar-refractivity contribution in [3.63, 3.8) is 0 Å². The second kappa shape index (κ2) is 14.7. The predicted molar refractivity (Wildman–Crippen MR) is 114 cm³/mol. The van der Waals surface area contributed by atoms with Gasteiger partial charge in [0, 0.05) is 0 Å². The van der Waals surface area contributed by atoms with Gasteiger partial charge < -0.3 is 32.5 Å². The number of amides is 3. The van der Waals surface area contributed by atoms with Gasteiger partial charge >= 0.3 is 5.97 Å². The Bertz CT molecular complexity index is 570. The van der Waals surface area contributed by atoms with E-state index < -0.39 is 48.4 Å². The molecule has 0 aliphatic carbocycles. The third-order valence-corrected chi connectivity index (χ3v) is 4.89. The van der Waals surface area contributed by atoms with Crippen LogP contribution in [0, 0.1) is 11.8 Å². The molecule has 0 heterocycles. The Morgan fingerprint density at radius 1 is 0.933 bits per heavy atom. The molecule has 0 aromatic heterocycles. The summed E-state index contributed by atoms with van der Waals surface area (Å²) in [6.07, 6.45) is 2.71. The van der Waals surface area contributed by atoms with E-state index in [4.69, 9.17) is 16.6 Å². The van der Waals surface area contributed by atoms with E-state index in [2.05, 4.69) is 16.0 Å². The number of unbranched alkanes of at least 4 members (excludes halogenated alkanes) is 1. The maximum atomic E-state index is 12.9. The molecule has 0 radical (unpaired) electrons. The first-order valence-electron chi connectivity index (χ1n) is 10.6. The summed E-state index contributed by atoms with van der Waals surface area (Å²) in [5, 5.41) is 16.4. The summed E-state index contributed by atoms with van der Waals surface area (Å²) >= 11 is 0. The number of aliphatic carboxylic acids is 1. The Morgan fingerprint density at radius 2 is 1.53 bits per heavy atom. The summed E-state index contributed by atoms with van der Waals surface area (Å²) in [6.45, 7) is 7.48. The van der Waals surface area contributed by atoms with Crippen molar-refractivity contribution in [2.24, 2.45) is 23.3 Å². The van der Waals surface area contributed by atoms with Crippen LogP contribution in [0.2, 0.25) is 0 Å². The van der Waals surface area contributed by atoms with Gasteiger partial charge in [-0.05, 0) is 44.1 Å². The van der Waals surface area contributed by atoms with Gasteiger partial charge in [0.25, 0.3) is 0 Å². The van der Waals surface area contributed by atoms with Crippen LogP contribution >= 0.6 is 0 Å². The highest BCUT2D eigenvalue weighted by Crippen LogP contribution is 2.09. The van der Waals surface area contributed by atoms with Crippen LogP contribution in [0.25, 0.3) is 0 Å². The van der Waals surface area contributed by atoms with Crippen molar-refractivity contribution in [2.75, 3.05) is 13.1 Å². The molecule has 0 rings (SSSR count). The normalized spacial score (nSPS) is 15.0. The highest BCUT2D eigenvalue weighted by atomic mass is 16.4. The first kappa shape index (κ1) is 27.8. The SMILES string of the molecule is CCC(C)C(N)C(=O)NC(CCCCN)C(=O)NC(CC(C)C)C(=O)NCC(=O)O. The standard InChI is InChI=1S/C20H39N5O5/c1-5-13(4)17(22)20(30)24-14(8-6-7-9-21)19(29)25-15(10-12(2)3)18(28)23-11-16(26)27/h12-15,17H,5-11,21-22H2,1-4H3,(H,23,28)(H,24,30)(H,25,29)(H,26,27). The van der Waals surface area contributed by atoms with Crippen LogP contribution in [0.1, 0.15) is 59.8 Å². The van der Waals surface area contributed by atoms with Crippen molar-refractivity contribution in [1.82, 2.24) is 16.0 Å². The Balaban J connectivity index is 5.28. The summed E-state index contributed by atoms with van der Waals surface area (Å²) in [7, 11) is 0. The number of carboxylic acids is 1. The molecule has 0 aromatic carbocycles. The maximum absolute atomic E-state index is 12.9. The molecule has 4 unspecified atom stereocenters. The molecule has 0 aliphatic heterocycles. The monoisotopic (exact) mass is 429 g/mol. The van der Waals surface area contributed by atoms with E-state index in [0.29, 0.717) is 32.2 Å².